The van der Waals surface area contributed by atoms with Gasteiger partial charge in [-0.2, -0.15) is 0 Å². The standard InChI is InChI=1S/C22H17N3O2/c1-3-7-17(8-4-1)15-26-22-12-21(24-16-25-22)18-11-20(14-23-13-18)27-19-9-5-2-6-10-19/h1-14,16H,15H2. The second-order valence-electron chi connectivity index (χ2n) is 5.84. The van der Waals surface area contributed by atoms with Gasteiger partial charge in [-0.25, -0.2) is 9.97 Å². The lowest BCUT2D eigenvalue weighted by atomic mass is 10.2. The van der Waals surface area contributed by atoms with Gasteiger partial charge < -0.3 is 9.47 Å². The third-order valence-corrected chi connectivity index (χ3v) is 3.86. The molecule has 0 fully saturated rings. The molecule has 0 saturated heterocycles. The molecule has 27 heavy (non-hydrogen) atoms. The molecular formula is C22H17N3O2. The molecule has 2 heterocycles. The van der Waals surface area contributed by atoms with Crippen molar-refractivity contribution in [3.05, 3.63) is 97.1 Å². The van der Waals surface area contributed by atoms with Gasteiger partial charge in [0.05, 0.1) is 11.9 Å². The first-order valence-electron chi connectivity index (χ1n) is 8.54. The summed E-state index contributed by atoms with van der Waals surface area (Å²) in [7, 11) is 0. The van der Waals surface area contributed by atoms with E-state index in [1.165, 1.54) is 6.33 Å². The number of benzene rings is 2. The Morgan fingerprint density at radius 2 is 1.52 bits per heavy atom. The van der Waals surface area contributed by atoms with Crippen molar-refractivity contribution in [2.45, 2.75) is 6.61 Å². The lowest BCUT2D eigenvalue weighted by Crippen LogP contribution is -1.98. The van der Waals surface area contributed by atoms with Crippen LogP contribution in [0.25, 0.3) is 11.3 Å². The molecule has 2 aromatic carbocycles. The summed E-state index contributed by atoms with van der Waals surface area (Å²) in [5.74, 6) is 1.91. The van der Waals surface area contributed by atoms with Crippen molar-refractivity contribution in [3.8, 4) is 28.6 Å². The molecule has 0 aliphatic rings. The van der Waals surface area contributed by atoms with Gasteiger partial charge >= 0.3 is 0 Å². The maximum absolute atomic E-state index is 5.84. The third-order valence-electron chi connectivity index (χ3n) is 3.86. The highest BCUT2D eigenvalue weighted by atomic mass is 16.5. The number of hydrogen-bond acceptors (Lipinski definition) is 5. The van der Waals surface area contributed by atoms with Crippen molar-refractivity contribution in [1.82, 2.24) is 15.0 Å². The van der Waals surface area contributed by atoms with Crippen molar-refractivity contribution in [3.63, 3.8) is 0 Å². The number of hydrogen-bond donors (Lipinski definition) is 0. The molecule has 0 aliphatic carbocycles. The van der Waals surface area contributed by atoms with Crippen LogP contribution in [-0.4, -0.2) is 15.0 Å². The highest BCUT2D eigenvalue weighted by Crippen LogP contribution is 2.26. The summed E-state index contributed by atoms with van der Waals surface area (Å²) in [4.78, 5) is 12.8. The van der Waals surface area contributed by atoms with Gasteiger partial charge in [0.25, 0.3) is 0 Å². The highest BCUT2D eigenvalue weighted by molar-refractivity contribution is 5.60. The van der Waals surface area contributed by atoms with Crippen molar-refractivity contribution >= 4 is 0 Å². The summed E-state index contributed by atoms with van der Waals surface area (Å²) in [6.45, 7) is 0.451. The maximum Gasteiger partial charge on any atom is 0.217 e. The lowest BCUT2D eigenvalue weighted by Gasteiger charge is -2.08. The predicted octanol–water partition coefficient (Wildman–Crippen LogP) is 4.91. The average molecular weight is 355 g/mol. The molecule has 4 aromatic rings. The molecule has 0 amide bonds. The molecule has 0 N–H and O–H groups in total. The Labute approximate surface area is 157 Å². The molecule has 4 rings (SSSR count). The lowest BCUT2D eigenvalue weighted by molar-refractivity contribution is 0.293. The Morgan fingerprint density at radius 3 is 2.33 bits per heavy atom. The molecule has 5 heteroatoms. The quantitative estimate of drug-likeness (QED) is 0.492. The summed E-state index contributed by atoms with van der Waals surface area (Å²) in [5, 5.41) is 0. The van der Waals surface area contributed by atoms with Crippen LogP contribution in [0.1, 0.15) is 5.56 Å². The minimum absolute atomic E-state index is 0.451. The van der Waals surface area contributed by atoms with Crippen LogP contribution in [0.3, 0.4) is 0 Å². The summed E-state index contributed by atoms with van der Waals surface area (Å²) < 4.78 is 11.6. The highest BCUT2D eigenvalue weighted by Gasteiger charge is 2.06. The van der Waals surface area contributed by atoms with E-state index in [1.54, 1.807) is 18.5 Å². The Morgan fingerprint density at radius 1 is 0.741 bits per heavy atom. The fraction of sp³-hybridized carbons (Fsp3) is 0.0455. The Balaban J connectivity index is 1.50. The summed E-state index contributed by atoms with van der Waals surface area (Å²) in [5.41, 5.74) is 2.63. The number of rotatable bonds is 6. The van der Waals surface area contributed by atoms with Gasteiger partial charge in [0.1, 0.15) is 24.4 Å². The molecule has 0 radical (unpaired) electrons. The van der Waals surface area contributed by atoms with E-state index < -0.39 is 0 Å². The number of pyridine rings is 1. The van der Waals surface area contributed by atoms with Crippen LogP contribution in [0.2, 0.25) is 0 Å². The first-order chi connectivity index (χ1) is 13.4. The molecule has 0 aliphatic heterocycles. The Kier molecular flexibility index (Phi) is 5.02. The van der Waals surface area contributed by atoms with E-state index in [0.717, 1.165) is 22.6 Å². The van der Waals surface area contributed by atoms with Crippen LogP contribution in [0.5, 0.6) is 17.4 Å². The van der Waals surface area contributed by atoms with Gasteiger partial charge in [-0.1, -0.05) is 48.5 Å². The predicted molar refractivity (Wildman–Crippen MR) is 103 cm³/mol. The zero-order valence-electron chi connectivity index (χ0n) is 14.5. The molecule has 0 saturated carbocycles. The van der Waals surface area contributed by atoms with Crippen LogP contribution >= 0.6 is 0 Å². The summed E-state index contributed by atoms with van der Waals surface area (Å²) in [6, 6.07) is 23.2. The molecule has 2 aromatic heterocycles. The van der Waals surface area contributed by atoms with Crippen LogP contribution in [0.15, 0.2) is 91.5 Å². The van der Waals surface area contributed by atoms with E-state index in [0.29, 0.717) is 18.2 Å². The number of ether oxygens (including phenoxy) is 2. The molecule has 0 bridgehead atoms. The smallest absolute Gasteiger partial charge is 0.217 e. The largest absolute Gasteiger partial charge is 0.473 e. The van der Waals surface area contributed by atoms with Crippen LogP contribution in [0, 0.1) is 0 Å². The van der Waals surface area contributed by atoms with Gasteiger partial charge in [0.15, 0.2) is 0 Å². The van der Waals surface area contributed by atoms with Crippen LogP contribution < -0.4 is 9.47 Å². The topological polar surface area (TPSA) is 57.1 Å². The first-order valence-corrected chi connectivity index (χ1v) is 8.54. The van der Waals surface area contributed by atoms with E-state index >= 15 is 0 Å². The van der Waals surface area contributed by atoms with Crippen molar-refractivity contribution in [2.24, 2.45) is 0 Å². The third kappa shape index (κ3) is 4.46. The SMILES string of the molecule is c1ccc(COc2cc(-c3cncc(Oc4ccccc4)c3)ncn2)cc1. The Hall–Kier alpha value is -3.73. The van der Waals surface area contributed by atoms with Gasteiger partial charge in [-0.15, -0.1) is 0 Å². The second-order valence-corrected chi connectivity index (χ2v) is 5.84. The van der Waals surface area contributed by atoms with Crippen molar-refractivity contribution in [2.75, 3.05) is 0 Å². The van der Waals surface area contributed by atoms with Gasteiger partial charge in [0.2, 0.25) is 5.88 Å². The minimum Gasteiger partial charge on any atom is -0.473 e. The van der Waals surface area contributed by atoms with E-state index in [1.807, 2.05) is 66.7 Å². The summed E-state index contributed by atoms with van der Waals surface area (Å²) in [6.07, 6.45) is 4.89. The maximum atomic E-state index is 5.84. The number of nitrogens with zero attached hydrogens (tertiary/aromatic N) is 3. The zero-order valence-corrected chi connectivity index (χ0v) is 14.5. The monoisotopic (exact) mass is 355 g/mol. The number of aromatic nitrogens is 3. The number of para-hydroxylation sites is 1. The van der Waals surface area contributed by atoms with E-state index in [2.05, 4.69) is 15.0 Å². The normalized spacial score (nSPS) is 10.4. The van der Waals surface area contributed by atoms with E-state index in [9.17, 15) is 0 Å². The molecular weight excluding hydrogens is 338 g/mol. The molecule has 0 spiro atoms. The molecule has 5 nitrogen and oxygen atoms in total. The summed E-state index contributed by atoms with van der Waals surface area (Å²) >= 11 is 0. The van der Waals surface area contributed by atoms with Crippen LogP contribution in [-0.2, 0) is 6.61 Å². The van der Waals surface area contributed by atoms with Gasteiger partial charge in [-0.3, -0.25) is 4.98 Å². The molecule has 0 unspecified atom stereocenters. The second kappa shape index (κ2) is 8.10. The van der Waals surface area contributed by atoms with Crippen molar-refractivity contribution < 1.29 is 9.47 Å². The van der Waals surface area contributed by atoms with Gasteiger partial charge in [-0.05, 0) is 23.8 Å². The zero-order chi connectivity index (χ0) is 18.3. The van der Waals surface area contributed by atoms with Crippen molar-refractivity contribution in [1.29, 1.82) is 0 Å². The first kappa shape index (κ1) is 16.7. The molecule has 0 atom stereocenters. The average Bonchev–Trinajstić information content (AvgIpc) is 2.74. The molecule has 132 valence electrons. The Bertz CT molecular complexity index is 1010. The van der Waals surface area contributed by atoms with Gasteiger partial charge in [0, 0.05) is 17.8 Å². The van der Waals surface area contributed by atoms with E-state index in [-0.39, 0.29) is 0 Å². The minimum atomic E-state index is 0.451. The van der Waals surface area contributed by atoms with E-state index in [4.69, 9.17) is 9.47 Å². The fourth-order valence-electron chi connectivity index (χ4n) is 2.55. The van der Waals surface area contributed by atoms with Crippen LogP contribution in [0.4, 0.5) is 0 Å². The fourth-order valence-corrected chi connectivity index (χ4v) is 2.55.